The van der Waals surface area contributed by atoms with Gasteiger partial charge < -0.3 is 20.4 Å². The van der Waals surface area contributed by atoms with E-state index >= 15 is 0 Å². The summed E-state index contributed by atoms with van der Waals surface area (Å²) in [6, 6.07) is 9.80. The highest BCUT2D eigenvalue weighted by atomic mass is 35.5. The molecule has 6 N–H and O–H groups in total. The summed E-state index contributed by atoms with van der Waals surface area (Å²) in [6.07, 6.45) is 27.6. The topological polar surface area (TPSA) is 215 Å². The molecular formula is C59H78ClN13O3. The lowest BCUT2D eigenvalue weighted by atomic mass is 10.1. The maximum absolute atomic E-state index is 12.6. The zero-order valence-corrected chi connectivity index (χ0v) is 47.0. The Morgan fingerprint density at radius 3 is 1.83 bits per heavy atom. The number of amides is 3. The number of hydrogen-bond donors (Lipinski definition) is 6. The number of H-pyrrole nitrogens is 3. The van der Waals surface area contributed by atoms with Crippen LogP contribution in [0.25, 0.3) is 5.65 Å². The summed E-state index contributed by atoms with van der Waals surface area (Å²) in [6.45, 7) is 21.7. The molecule has 0 saturated heterocycles. The average molecular weight is 1050 g/mol. The van der Waals surface area contributed by atoms with Crippen LogP contribution in [0.5, 0.6) is 0 Å². The molecule has 3 aliphatic carbocycles. The van der Waals surface area contributed by atoms with Gasteiger partial charge in [0, 0.05) is 93.3 Å². The number of allylic oxidation sites excluding steroid dienone is 10. The molecule has 3 fully saturated rings. The van der Waals surface area contributed by atoms with E-state index in [4.69, 9.17) is 21.6 Å². The van der Waals surface area contributed by atoms with Gasteiger partial charge in [0.25, 0.3) is 0 Å². The molecule has 5 aromatic heterocycles. The molecule has 76 heavy (non-hydrogen) atoms. The van der Waals surface area contributed by atoms with Gasteiger partial charge >= 0.3 is 0 Å². The summed E-state index contributed by atoms with van der Waals surface area (Å²) in [4.78, 5) is 51.4. The van der Waals surface area contributed by atoms with Crippen LogP contribution in [0.1, 0.15) is 185 Å². The van der Waals surface area contributed by atoms with Crippen molar-refractivity contribution >= 4 is 63.8 Å². The van der Waals surface area contributed by atoms with Gasteiger partial charge in [0.1, 0.15) is 5.65 Å². The second-order valence-corrected chi connectivity index (χ2v) is 20.3. The number of aliphatic imine (C=N–C) groups is 2. The lowest BCUT2D eigenvalue weighted by Crippen LogP contribution is -2.22. The molecule has 5 heterocycles. The second kappa shape index (κ2) is 28.1. The molecule has 3 amide bonds. The number of imidazole rings is 1. The Morgan fingerprint density at radius 2 is 1.33 bits per heavy atom. The van der Waals surface area contributed by atoms with Crippen molar-refractivity contribution in [1.29, 1.82) is 0 Å². The first-order chi connectivity index (χ1) is 36.5. The number of carbonyl (C=O) groups excluding carboxylic acids is 3. The van der Waals surface area contributed by atoms with Gasteiger partial charge in [-0.25, -0.2) is 4.98 Å². The minimum Gasteiger partial charge on any atom is -0.309 e. The fourth-order valence-electron chi connectivity index (χ4n) is 8.13. The van der Waals surface area contributed by atoms with Crippen LogP contribution in [0, 0.1) is 12.8 Å². The van der Waals surface area contributed by atoms with E-state index in [1.165, 1.54) is 38.5 Å². The molecule has 0 radical (unpaired) electrons. The molecule has 3 saturated carbocycles. The van der Waals surface area contributed by atoms with Gasteiger partial charge in [0.15, 0.2) is 17.5 Å². The van der Waals surface area contributed by atoms with Crippen LogP contribution in [0.4, 0.5) is 17.5 Å². The van der Waals surface area contributed by atoms with Crippen LogP contribution in [0.2, 0.25) is 0 Å². The summed E-state index contributed by atoms with van der Waals surface area (Å²) >= 11 is 6.18. The van der Waals surface area contributed by atoms with E-state index in [9.17, 15) is 14.4 Å². The first-order valence-corrected chi connectivity index (χ1v) is 27.2. The van der Waals surface area contributed by atoms with E-state index < -0.39 is 0 Å². The van der Waals surface area contributed by atoms with Crippen molar-refractivity contribution in [3.63, 3.8) is 0 Å². The smallest absolute Gasteiger partial charge is 0.234 e. The summed E-state index contributed by atoms with van der Waals surface area (Å²) in [5.41, 5.74) is 11.6. The molecule has 8 rings (SSSR count). The summed E-state index contributed by atoms with van der Waals surface area (Å²) in [7, 11) is 0. The van der Waals surface area contributed by atoms with Gasteiger partial charge in [-0.05, 0) is 155 Å². The molecule has 0 aliphatic heterocycles. The average Bonchev–Trinajstić information content (AvgIpc) is 4.39. The Labute approximate surface area is 453 Å². The number of halogens is 1. The second-order valence-electron chi connectivity index (χ2n) is 19.9. The van der Waals surface area contributed by atoms with Gasteiger partial charge in [-0.2, -0.15) is 15.3 Å². The normalized spacial score (nSPS) is 16.7. The highest BCUT2D eigenvalue weighted by Gasteiger charge is 2.28. The van der Waals surface area contributed by atoms with Crippen molar-refractivity contribution in [2.45, 2.75) is 164 Å². The number of rotatable bonds is 21. The number of hydrogen-bond acceptors (Lipinski definition) is 9. The predicted molar refractivity (Wildman–Crippen MR) is 309 cm³/mol. The molecule has 2 unspecified atom stereocenters. The molecule has 0 bridgehead atoms. The van der Waals surface area contributed by atoms with Gasteiger partial charge in [-0.1, -0.05) is 62.2 Å². The minimum atomic E-state index is -0.349. The van der Waals surface area contributed by atoms with Crippen molar-refractivity contribution in [2.75, 3.05) is 16.0 Å². The molecule has 2 atom stereocenters. The van der Waals surface area contributed by atoms with E-state index in [-0.39, 0.29) is 36.0 Å². The van der Waals surface area contributed by atoms with Crippen molar-refractivity contribution in [1.82, 2.24) is 40.0 Å². The Balaban J connectivity index is 0.000000185. The van der Waals surface area contributed by atoms with Gasteiger partial charge in [-0.3, -0.25) is 39.7 Å². The number of aryl methyl sites for hydroxylation is 1. The maximum atomic E-state index is 12.6. The number of nitrogens with zero attached hydrogens (tertiary/aromatic N) is 7. The summed E-state index contributed by atoms with van der Waals surface area (Å²) in [5, 5.41) is 30.8. The quantitative estimate of drug-likeness (QED) is 0.0308. The minimum absolute atomic E-state index is 0.0969. The first kappa shape index (κ1) is 58.1. The van der Waals surface area contributed by atoms with Crippen LogP contribution in [0.15, 0.2) is 123 Å². The number of carbonyl (C=O) groups is 3. The highest BCUT2D eigenvalue weighted by Crippen LogP contribution is 2.41. The van der Waals surface area contributed by atoms with E-state index in [1.807, 2.05) is 146 Å². The molecule has 0 spiro atoms. The van der Waals surface area contributed by atoms with Crippen LogP contribution < -0.4 is 16.0 Å². The zero-order chi connectivity index (χ0) is 54.9. The molecular weight excluding hydrogens is 974 g/mol. The molecule has 3 aliphatic rings. The van der Waals surface area contributed by atoms with E-state index in [0.29, 0.717) is 40.2 Å². The number of fused-ring (bicyclic) bond motifs is 1. The van der Waals surface area contributed by atoms with Crippen molar-refractivity contribution in [3.05, 3.63) is 141 Å². The third-order valence-corrected chi connectivity index (χ3v) is 13.7. The van der Waals surface area contributed by atoms with Gasteiger partial charge in [0.2, 0.25) is 17.7 Å². The van der Waals surface area contributed by atoms with Gasteiger partial charge in [0.05, 0.1) is 24.0 Å². The fourth-order valence-corrected chi connectivity index (χ4v) is 8.19. The van der Waals surface area contributed by atoms with E-state index in [1.54, 1.807) is 0 Å². The summed E-state index contributed by atoms with van der Waals surface area (Å²) < 4.78 is 1.94. The molecule has 16 nitrogen and oxygen atoms in total. The van der Waals surface area contributed by atoms with Gasteiger partial charge in [-0.15, -0.1) is 0 Å². The fraction of sp³-hybridized carbons (Fsp3) is 0.441. The SMILES string of the molecule is C\C=C(CC(=O)Nc1cc(C2CC2)[nH]n1)/N=C(\C=C(C)/C(Cl)=C\C)CCC.C\C=C/C(C)=C\C(CC)=N/C(=C\C)C(C)C(=O)Nc1cc(C2CC2)[nH]n1.Cc1ccn2cc(C(C)C(=O)Nc3cc(C4CC4)[nH]n3)nc2c1. The molecule has 404 valence electrons. The Hall–Kier alpha value is -7.20. The Kier molecular flexibility index (Phi) is 21.5. The summed E-state index contributed by atoms with van der Waals surface area (Å²) in [5.74, 6) is 2.50. The van der Waals surface area contributed by atoms with Crippen LogP contribution in [-0.2, 0) is 14.4 Å². The lowest BCUT2D eigenvalue weighted by Gasteiger charge is -2.12. The molecule has 5 aromatic rings. The predicted octanol–water partition coefficient (Wildman–Crippen LogP) is 14.0. The Bertz CT molecular complexity index is 3050. The lowest BCUT2D eigenvalue weighted by molar-refractivity contribution is -0.118. The Morgan fingerprint density at radius 1 is 0.763 bits per heavy atom. The van der Waals surface area contributed by atoms with Crippen LogP contribution >= 0.6 is 11.6 Å². The van der Waals surface area contributed by atoms with E-state index in [0.717, 1.165) is 87.2 Å². The number of aromatic nitrogens is 8. The van der Waals surface area contributed by atoms with Crippen molar-refractivity contribution < 1.29 is 14.4 Å². The monoisotopic (exact) mass is 1050 g/mol. The third-order valence-electron chi connectivity index (χ3n) is 13.2. The molecule has 17 heteroatoms. The number of anilines is 3. The number of aromatic amines is 3. The van der Waals surface area contributed by atoms with E-state index in [2.05, 4.69) is 71.4 Å². The number of nitrogens with one attached hydrogen (secondary N) is 6. The standard InChI is InChI=1S/C21H29ClN4O.C21H30N4O.C17H19N5O/c1-5-8-17(11-14(4)18(22)7-3)23-16(6-2)12-21(27)24-20-13-19(25-26-20)15-9-10-15;1-6-9-14(4)12-17(7-2)22-18(8-3)15(5)21(26)23-20-13-19(24-25-20)16-10-11-16;1-10-5-6-22-9-14(18-16(22)7-10)11(2)17(23)19-15-8-13(20-21-15)12-3-4-12/h6-7,11,13,15H,5,8-10,12H2,1-4H3,(H2,24,25,26,27);6,8-9,12-13,15-16H,7,10-11H2,1-5H3,(H2,23,24,25,26);5-9,11-12H,3-4H2,1-2H3,(H2,19,20,21,23)/b14-11-,16-6-,18-7+,23-17-;9-6-,14-12-,18-8-,22-17-;. The molecule has 0 aromatic carbocycles. The largest absolute Gasteiger partial charge is 0.309 e. The van der Waals surface area contributed by atoms with Crippen LogP contribution in [0.3, 0.4) is 0 Å². The third kappa shape index (κ3) is 17.7. The first-order valence-electron chi connectivity index (χ1n) is 26.9. The highest BCUT2D eigenvalue weighted by molar-refractivity contribution is 6.32. The van der Waals surface area contributed by atoms with Crippen molar-refractivity contribution in [2.24, 2.45) is 15.9 Å². The van der Waals surface area contributed by atoms with Crippen molar-refractivity contribution in [3.8, 4) is 0 Å². The maximum Gasteiger partial charge on any atom is 0.234 e. The van der Waals surface area contributed by atoms with Crippen LogP contribution in [-0.4, -0.2) is 69.1 Å². The zero-order valence-electron chi connectivity index (χ0n) is 46.3. The number of pyridine rings is 1.